The van der Waals surface area contributed by atoms with Crippen molar-refractivity contribution in [3.8, 4) is 0 Å². The summed E-state index contributed by atoms with van der Waals surface area (Å²) in [5.74, 6) is 0. The average molecular weight is 226 g/mol. The number of hydrogen-bond acceptors (Lipinski definition) is 2. The molecule has 0 amide bonds. The van der Waals surface area contributed by atoms with Crippen molar-refractivity contribution in [3.05, 3.63) is 48.6 Å². The van der Waals surface area contributed by atoms with Gasteiger partial charge in [0.25, 0.3) is 0 Å². The molecule has 0 saturated carbocycles. The Morgan fingerprint density at radius 1 is 0.714 bits per heavy atom. The predicted molar refractivity (Wildman–Crippen MR) is 63.6 cm³/mol. The molecule has 1 aromatic carbocycles. The second-order valence-electron chi connectivity index (χ2n) is 2.16. The van der Waals surface area contributed by atoms with Crippen molar-refractivity contribution in [1.29, 1.82) is 0 Å². The molecule has 74 valence electrons. The minimum absolute atomic E-state index is 0.451. The Morgan fingerprint density at radius 2 is 0.929 bits per heavy atom. The van der Waals surface area contributed by atoms with Crippen LogP contribution in [0.25, 0.3) is 0 Å². The third-order valence-corrected chi connectivity index (χ3v) is 1.33. The molecule has 14 heavy (non-hydrogen) atoms. The number of carbonyl (C=O) groups excluding carboxylic acids is 2. The average Bonchev–Trinajstić information content (AvgIpc) is 2.18. The molecule has 2 nitrogen and oxygen atoms in total. The topological polar surface area (TPSA) is 34.1 Å². The Bertz CT molecular complexity index is 264. The summed E-state index contributed by atoms with van der Waals surface area (Å²) in [6.45, 7) is 0. The van der Waals surface area contributed by atoms with E-state index < -0.39 is 10.2 Å². The molecule has 0 saturated heterocycles. The van der Waals surface area contributed by atoms with Gasteiger partial charge in [-0.2, -0.15) is 0 Å². The lowest BCUT2D eigenvalue weighted by atomic mass is 10.4. The summed E-state index contributed by atoms with van der Waals surface area (Å²) < 4.78 is 0. The SMILES string of the molecule is O=C(S)C=CC(=O)S.c1ccccc1. The van der Waals surface area contributed by atoms with Gasteiger partial charge in [-0.1, -0.05) is 36.4 Å². The van der Waals surface area contributed by atoms with Crippen LogP contribution in [0.3, 0.4) is 0 Å². The van der Waals surface area contributed by atoms with Crippen molar-refractivity contribution in [2.45, 2.75) is 0 Å². The standard InChI is InChI=1S/C6H6.C4H4O2S2/c1-2-4-6-5-3-1;5-3(7)1-2-4(6)8/h1-6H;1-2H,(H,5,7)(H,6,8). The van der Waals surface area contributed by atoms with Crippen LogP contribution < -0.4 is 0 Å². The fraction of sp³-hybridized carbons (Fsp3) is 0. The maximum absolute atomic E-state index is 9.94. The van der Waals surface area contributed by atoms with Gasteiger partial charge in [0.15, 0.2) is 0 Å². The van der Waals surface area contributed by atoms with Crippen LogP contribution in [-0.2, 0) is 9.59 Å². The fourth-order valence-corrected chi connectivity index (χ4v) is 0.677. The highest BCUT2D eigenvalue weighted by atomic mass is 32.1. The zero-order chi connectivity index (χ0) is 10.8. The van der Waals surface area contributed by atoms with E-state index in [0.717, 1.165) is 12.2 Å². The lowest BCUT2D eigenvalue weighted by Gasteiger charge is -1.73. The van der Waals surface area contributed by atoms with E-state index in [2.05, 4.69) is 25.3 Å². The third kappa shape index (κ3) is 11.0. The smallest absolute Gasteiger partial charge is 0.209 e. The molecule has 0 N–H and O–H groups in total. The van der Waals surface area contributed by atoms with E-state index in [-0.39, 0.29) is 0 Å². The van der Waals surface area contributed by atoms with Crippen LogP contribution in [0.2, 0.25) is 0 Å². The van der Waals surface area contributed by atoms with Crippen LogP contribution in [0.5, 0.6) is 0 Å². The van der Waals surface area contributed by atoms with Gasteiger partial charge in [-0.05, 0) is 12.2 Å². The van der Waals surface area contributed by atoms with E-state index in [4.69, 9.17) is 0 Å². The maximum atomic E-state index is 9.94. The number of hydrogen-bond donors (Lipinski definition) is 2. The van der Waals surface area contributed by atoms with Gasteiger partial charge >= 0.3 is 0 Å². The largest absolute Gasteiger partial charge is 0.283 e. The van der Waals surface area contributed by atoms with Crippen molar-refractivity contribution < 1.29 is 9.59 Å². The summed E-state index contributed by atoms with van der Waals surface area (Å²) in [4.78, 5) is 19.9. The number of benzene rings is 1. The first kappa shape index (κ1) is 13.0. The van der Waals surface area contributed by atoms with Crippen molar-refractivity contribution >= 4 is 35.5 Å². The molecule has 0 aliphatic heterocycles. The van der Waals surface area contributed by atoms with E-state index >= 15 is 0 Å². The van der Waals surface area contributed by atoms with Crippen molar-refractivity contribution in [1.82, 2.24) is 0 Å². The van der Waals surface area contributed by atoms with Crippen molar-refractivity contribution in [2.75, 3.05) is 0 Å². The first-order valence-corrected chi connectivity index (χ1v) is 4.66. The van der Waals surface area contributed by atoms with Crippen molar-refractivity contribution in [3.63, 3.8) is 0 Å². The molecule has 0 unspecified atom stereocenters. The fourth-order valence-electron chi connectivity index (χ4n) is 0.527. The molecule has 1 rings (SSSR count). The number of rotatable bonds is 2. The molecule has 0 atom stereocenters. The summed E-state index contributed by atoms with van der Waals surface area (Å²) in [5, 5.41) is -0.903. The second-order valence-corrected chi connectivity index (χ2v) is 3.05. The van der Waals surface area contributed by atoms with Gasteiger partial charge < -0.3 is 0 Å². The lowest BCUT2D eigenvalue weighted by Crippen LogP contribution is -1.79. The van der Waals surface area contributed by atoms with E-state index in [1.54, 1.807) is 0 Å². The summed E-state index contributed by atoms with van der Waals surface area (Å²) in [5.41, 5.74) is 0. The zero-order valence-corrected chi connectivity index (χ0v) is 9.12. The minimum atomic E-state index is -0.451. The first-order valence-electron chi connectivity index (χ1n) is 3.77. The van der Waals surface area contributed by atoms with Crippen LogP contribution in [0.1, 0.15) is 0 Å². The normalized spacial score (nSPS) is 9.00. The van der Waals surface area contributed by atoms with Gasteiger partial charge in [-0.3, -0.25) is 9.59 Å². The molecule has 0 radical (unpaired) electrons. The van der Waals surface area contributed by atoms with Crippen LogP contribution >= 0.6 is 25.3 Å². The summed E-state index contributed by atoms with van der Waals surface area (Å²) in [6, 6.07) is 12.0. The Kier molecular flexibility index (Phi) is 7.98. The van der Waals surface area contributed by atoms with E-state index in [1.807, 2.05) is 36.4 Å². The molecule has 0 spiro atoms. The van der Waals surface area contributed by atoms with Crippen LogP contribution in [0, 0.1) is 0 Å². The molecule has 0 aliphatic rings. The minimum Gasteiger partial charge on any atom is -0.283 e. The first-order chi connectivity index (χ1) is 6.63. The molecule has 0 bridgehead atoms. The molecule has 0 aromatic heterocycles. The van der Waals surface area contributed by atoms with Crippen LogP contribution in [0.4, 0.5) is 0 Å². The lowest BCUT2D eigenvalue weighted by molar-refractivity contribution is -0.108. The molecule has 0 aliphatic carbocycles. The Balaban J connectivity index is 0.000000249. The van der Waals surface area contributed by atoms with Gasteiger partial charge in [0.2, 0.25) is 10.2 Å². The molecular formula is C10H10O2S2. The highest BCUT2D eigenvalue weighted by Gasteiger charge is 1.84. The predicted octanol–water partition coefficient (Wildman–Crippen LogP) is 2.14. The van der Waals surface area contributed by atoms with Gasteiger partial charge in [0.1, 0.15) is 0 Å². The van der Waals surface area contributed by atoms with Crippen LogP contribution in [-0.4, -0.2) is 10.2 Å². The van der Waals surface area contributed by atoms with Gasteiger partial charge in [-0.15, -0.1) is 25.3 Å². The van der Waals surface area contributed by atoms with Gasteiger partial charge in [0, 0.05) is 0 Å². The number of carbonyl (C=O) groups is 2. The Morgan fingerprint density at radius 3 is 1.07 bits per heavy atom. The van der Waals surface area contributed by atoms with Gasteiger partial charge in [-0.25, -0.2) is 0 Å². The summed E-state index contributed by atoms with van der Waals surface area (Å²) in [6.07, 6.45) is 2.08. The van der Waals surface area contributed by atoms with Gasteiger partial charge in [0.05, 0.1) is 0 Å². The molecule has 0 heterocycles. The summed E-state index contributed by atoms with van der Waals surface area (Å²) >= 11 is 6.72. The maximum Gasteiger partial charge on any atom is 0.209 e. The Labute approximate surface area is 93.8 Å². The molecule has 1 aromatic rings. The van der Waals surface area contributed by atoms with E-state index in [1.165, 1.54) is 0 Å². The monoisotopic (exact) mass is 226 g/mol. The summed E-state index contributed by atoms with van der Waals surface area (Å²) in [7, 11) is 0. The zero-order valence-electron chi connectivity index (χ0n) is 7.33. The number of thiol groups is 2. The van der Waals surface area contributed by atoms with E-state index in [0.29, 0.717) is 0 Å². The second kappa shape index (κ2) is 8.59. The third-order valence-electron chi connectivity index (χ3n) is 1.04. The van der Waals surface area contributed by atoms with Crippen molar-refractivity contribution in [2.24, 2.45) is 0 Å². The molecule has 0 fully saturated rings. The molecular weight excluding hydrogens is 216 g/mol. The highest BCUT2D eigenvalue weighted by Crippen LogP contribution is 1.84. The van der Waals surface area contributed by atoms with E-state index in [9.17, 15) is 9.59 Å². The molecule has 4 heteroatoms. The van der Waals surface area contributed by atoms with Crippen LogP contribution in [0.15, 0.2) is 48.6 Å². The quantitative estimate of drug-likeness (QED) is 0.598. The Hall–Kier alpha value is -1.00. The highest BCUT2D eigenvalue weighted by molar-refractivity contribution is 7.97.